The number of oxime groups is 1. The minimum absolute atomic E-state index is 0.291. The lowest BCUT2D eigenvalue weighted by atomic mass is 9.98. The van der Waals surface area contributed by atoms with Gasteiger partial charge in [-0.1, -0.05) is 16.4 Å². The molecule has 1 aliphatic heterocycles. The number of amides is 1. The number of rotatable bonds is 3. The first-order chi connectivity index (χ1) is 9.57. The van der Waals surface area contributed by atoms with Crippen LogP contribution in [0.15, 0.2) is 33.3 Å². The number of nitrogens with zero attached hydrogens (tertiary/aromatic N) is 2. The first-order valence-electron chi connectivity index (χ1n) is 6.10. The predicted octanol–water partition coefficient (Wildman–Crippen LogP) is 2.57. The topological polar surface area (TPSA) is 76.7 Å². The second-order valence-corrected chi connectivity index (χ2v) is 5.74. The van der Waals surface area contributed by atoms with E-state index in [1.807, 2.05) is 17.5 Å². The molecule has 2 aromatic rings. The van der Waals surface area contributed by atoms with Crippen molar-refractivity contribution >= 4 is 28.8 Å². The number of anilines is 1. The summed E-state index contributed by atoms with van der Waals surface area (Å²) in [6, 6.07) is 5.55. The van der Waals surface area contributed by atoms with E-state index in [1.165, 1.54) is 0 Å². The maximum absolute atomic E-state index is 12.3. The lowest BCUT2D eigenvalue weighted by Crippen LogP contribution is -2.40. The predicted molar refractivity (Wildman–Crippen MR) is 74.8 cm³/mol. The van der Waals surface area contributed by atoms with Gasteiger partial charge in [-0.15, -0.1) is 11.3 Å². The Hall–Kier alpha value is -2.15. The molecule has 6 nitrogen and oxygen atoms in total. The van der Waals surface area contributed by atoms with E-state index in [9.17, 15) is 4.79 Å². The van der Waals surface area contributed by atoms with Gasteiger partial charge in [0.25, 0.3) is 5.91 Å². The number of aromatic nitrogens is 1. The highest BCUT2D eigenvalue weighted by atomic mass is 32.1. The molecule has 0 fully saturated rings. The Kier molecular flexibility index (Phi) is 3.06. The Balaban J connectivity index is 1.70. The molecule has 104 valence electrons. The maximum atomic E-state index is 12.3. The Labute approximate surface area is 119 Å². The Morgan fingerprint density at radius 2 is 2.40 bits per heavy atom. The minimum atomic E-state index is -1.02. The number of carbonyl (C=O) groups is 1. The summed E-state index contributed by atoms with van der Waals surface area (Å²) in [7, 11) is 0. The zero-order valence-corrected chi connectivity index (χ0v) is 11.9. The molecular formula is C13H13N3O3S. The van der Waals surface area contributed by atoms with E-state index in [0.29, 0.717) is 18.0 Å². The fourth-order valence-corrected chi connectivity index (χ4v) is 2.62. The lowest BCUT2D eigenvalue weighted by Gasteiger charge is -2.19. The molecule has 2 aromatic heterocycles. The number of nitrogens with one attached hydrogen (secondary N) is 1. The number of thiophene rings is 1. The standard InChI is InChI=1S/C13H13N3O3S/c1-8-6-11(16-18-8)14-12(17)13(2)7-9(15-19-13)10-4-3-5-20-10/h3-6H,7H2,1-2H3,(H,14,16,17)/t13-/m1/s1. The van der Waals surface area contributed by atoms with Gasteiger partial charge in [-0.25, -0.2) is 0 Å². The molecule has 0 aliphatic carbocycles. The van der Waals surface area contributed by atoms with Crippen LogP contribution in [0.25, 0.3) is 0 Å². The van der Waals surface area contributed by atoms with E-state index >= 15 is 0 Å². The second-order valence-electron chi connectivity index (χ2n) is 4.79. The van der Waals surface area contributed by atoms with Crippen LogP contribution < -0.4 is 5.32 Å². The van der Waals surface area contributed by atoms with Crippen LogP contribution >= 0.6 is 11.3 Å². The van der Waals surface area contributed by atoms with Crippen LogP contribution in [-0.4, -0.2) is 22.4 Å². The van der Waals surface area contributed by atoms with Crippen molar-refractivity contribution in [2.24, 2.45) is 5.16 Å². The average Bonchev–Trinajstić information content (AvgIpc) is 3.10. The van der Waals surface area contributed by atoms with Gasteiger partial charge in [0, 0.05) is 12.5 Å². The zero-order chi connectivity index (χ0) is 14.2. The first kappa shape index (κ1) is 12.9. The van der Waals surface area contributed by atoms with Crippen molar-refractivity contribution in [3.05, 3.63) is 34.2 Å². The van der Waals surface area contributed by atoms with Crippen molar-refractivity contribution in [1.29, 1.82) is 0 Å². The van der Waals surface area contributed by atoms with E-state index in [1.54, 1.807) is 31.3 Å². The molecule has 1 aliphatic rings. The van der Waals surface area contributed by atoms with E-state index < -0.39 is 5.60 Å². The van der Waals surface area contributed by atoms with Gasteiger partial charge >= 0.3 is 0 Å². The quantitative estimate of drug-likeness (QED) is 0.942. The molecule has 3 rings (SSSR count). The van der Waals surface area contributed by atoms with Crippen molar-refractivity contribution in [3.63, 3.8) is 0 Å². The highest BCUT2D eigenvalue weighted by Gasteiger charge is 2.42. The van der Waals surface area contributed by atoms with Crippen molar-refractivity contribution in [1.82, 2.24) is 5.16 Å². The summed E-state index contributed by atoms with van der Waals surface area (Å²) >= 11 is 1.57. The molecule has 3 heterocycles. The highest BCUT2D eigenvalue weighted by Crippen LogP contribution is 2.29. The molecule has 0 saturated carbocycles. The van der Waals surface area contributed by atoms with Crippen LogP contribution in [0, 0.1) is 6.92 Å². The smallest absolute Gasteiger partial charge is 0.272 e. The van der Waals surface area contributed by atoms with Gasteiger partial charge in [0.1, 0.15) is 11.5 Å². The van der Waals surface area contributed by atoms with Gasteiger partial charge in [-0.3, -0.25) is 4.79 Å². The van der Waals surface area contributed by atoms with Crippen LogP contribution in [0.3, 0.4) is 0 Å². The van der Waals surface area contributed by atoms with Gasteiger partial charge in [0.15, 0.2) is 5.82 Å². The molecule has 0 bridgehead atoms. The van der Waals surface area contributed by atoms with Gasteiger partial charge in [0.2, 0.25) is 5.60 Å². The van der Waals surface area contributed by atoms with Gasteiger partial charge in [0.05, 0.1) is 4.88 Å². The summed E-state index contributed by atoms with van der Waals surface area (Å²) in [5, 5.41) is 12.4. The van der Waals surface area contributed by atoms with Crippen molar-refractivity contribution < 1.29 is 14.2 Å². The third kappa shape index (κ3) is 2.32. The first-order valence-corrected chi connectivity index (χ1v) is 6.98. The molecule has 1 N–H and O–H groups in total. The normalized spacial score (nSPS) is 21.4. The molecule has 0 unspecified atom stereocenters. The molecular weight excluding hydrogens is 278 g/mol. The molecule has 1 amide bonds. The fraction of sp³-hybridized carbons (Fsp3) is 0.308. The molecule has 0 aromatic carbocycles. The largest absolute Gasteiger partial charge is 0.379 e. The van der Waals surface area contributed by atoms with Gasteiger partial charge in [-0.2, -0.15) is 0 Å². The highest BCUT2D eigenvalue weighted by molar-refractivity contribution is 7.12. The van der Waals surface area contributed by atoms with Crippen LogP contribution in [0.5, 0.6) is 0 Å². The molecule has 0 saturated heterocycles. The summed E-state index contributed by atoms with van der Waals surface area (Å²) in [6.45, 7) is 3.47. The maximum Gasteiger partial charge on any atom is 0.272 e. The van der Waals surface area contributed by atoms with E-state index in [0.717, 1.165) is 10.6 Å². The summed E-state index contributed by atoms with van der Waals surface area (Å²) in [6.07, 6.45) is 0.427. The SMILES string of the molecule is Cc1cc(NC(=O)[C@@]2(C)CC(c3cccs3)=NO2)no1. The van der Waals surface area contributed by atoms with Crippen LogP contribution in [0.2, 0.25) is 0 Å². The number of hydrogen-bond donors (Lipinski definition) is 1. The molecule has 0 spiro atoms. The van der Waals surface area contributed by atoms with Crippen LogP contribution in [0.1, 0.15) is 24.0 Å². The summed E-state index contributed by atoms with van der Waals surface area (Å²) < 4.78 is 4.91. The third-order valence-corrected chi connectivity index (χ3v) is 3.94. The number of hydrogen-bond acceptors (Lipinski definition) is 6. The molecule has 0 radical (unpaired) electrons. The van der Waals surface area contributed by atoms with E-state index in [-0.39, 0.29) is 5.91 Å². The van der Waals surface area contributed by atoms with Crippen molar-refractivity contribution in [2.45, 2.75) is 25.9 Å². The average molecular weight is 291 g/mol. The van der Waals surface area contributed by atoms with Crippen molar-refractivity contribution in [3.8, 4) is 0 Å². The number of aryl methyl sites for hydroxylation is 1. The minimum Gasteiger partial charge on any atom is -0.379 e. The van der Waals surface area contributed by atoms with Gasteiger partial charge in [-0.05, 0) is 25.3 Å². The van der Waals surface area contributed by atoms with E-state index in [4.69, 9.17) is 9.36 Å². The van der Waals surface area contributed by atoms with Crippen LogP contribution in [-0.2, 0) is 9.63 Å². The third-order valence-electron chi connectivity index (χ3n) is 3.02. The summed E-state index contributed by atoms with van der Waals surface area (Å²) in [5.74, 6) is 0.719. The molecule has 20 heavy (non-hydrogen) atoms. The molecule has 1 atom stereocenters. The summed E-state index contributed by atoms with van der Waals surface area (Å²) in [5.41, 5.74) is -0.236. The van der Waals surface area contributed by atoms with E-state index in [2.05, 4.69) is 15.6 Å². The Morgan fingerprint density at radius 3 is 3.05 bits per heavy atom. The fourth-order valence-electron chi connectivity index (χ4n) is 1.91. The number of carbonyl (C=O) groups excluding carboxylic acids is 1. The van der Waals surface area contributed by atoms with Gasteiger partial charge < -0.3 is 14.7 Å². The Morgan fingerprint density at radius 1 is 1.55 bits per heavy atom. The second kappa shape index (κ2) is 4.75. The van der Waals surface area contributed by atoms with Crippen molar-refractivity contribution in [2.75, 3.05) is 5.32 Å². The Bertz CT molecular complexity index is 662. The lowest BCUT2D eigenvalue weighted by molar-refractivity contribution is -0.136. The zero-order valence-electron chi connectivity index (χ0n) is 11.0. The monoisotopic (exact) mass is 291 g/mol. The summed E-state index contributed by atoms with van der Waals surface area (Å²) in [4.78, 5) is 18.6. The molecule has 7 heteroatoms. The van der Waals surface area contributed by atoms with Crippen LogP contribution in [0.4, 0.5) is 5.82 Å².